The zero-order valence-corrected chi connectivity index (χ0v) is 10.4. The van der Waals surface area contributed by atoms with Gasteiger partial charge in [-0.05, 0) is 24.6 Å². The second-order valence-electron chi connectivity index (χ2n) is 3.52. The number of hydrogen-bond acceptors (Lipinski definition) is 3. The Labute approximate surface area is 97.5 Å². The molecule has 0 bridgehead atoms. The second kappa shape index (κ2) is 4.23. The molecule has 1 aromatic carbocycles. The molecule has 0 saturated carbocycles. The van der Waals surface area contributed by atoms with E-state index in [1.54, 1.807) is 18.2 Å². The van der Waals surface area contributed by atoms with Gasteiger partial charge >= 0.3 is 0 Å². The lowest BCUT2D eigenvalue weighted by atomic mass is 10.4. The summed E-state index contributed by atoms with van der Waals surface area (Å²) in [5.74, 6) is 0.161. The van der Waals surface area contributed by atoms with Gasteiger partial charge in [0.15, 0.2) is 9.84 Å². The zero-order valence-electron chi connectivity index (χ0n) is 8.02. The van der Waals surface area contributed by atoms with Crippen LogP contribution in [0, 0.1) is 0 Å². The maximum absolute atomic E-state index is 11.8. The van der Waals surface area contributed by atoms with Crippen LogP contribution >= 0.6 is 15.9 Å². The van der Waals surface area contributed by atoms with E-state index in [9.17, 15) is 8.42 Å². The van der Waals surface area contributed by atoms with Crippen molar-refractivity contribution in [1.29, 1.82) is 0 Å². The van der Waals surface area contributed by atoms with Gasteiger partial charge in [0, 0.05) is 4.47 Å². The molecule has 1 unspecified atom stereocenters. The smallest absolute Gasteiger partial charge is 0.178 e. The van der Waals surface area contributed by atoms with E-state index >= 15 is 0 Å². The van der Waals surface area contributed by atoms with E-state index in [4.69, 9.17) is 4.74 Å². The van der Waals surface area contributed by atoms with Gasteiger partial charge in [-0.1, -0.05) is 22.0 Å². The molecule has 0 radical (unpaired) electrons. The van der Waals surface area contributed by atoms with Gasteiger partial charge in [0.05, 0.1) is 23.4 Å². The highest BCUT2D eigenvalue weighted by molar-refractivity contribution is 9.10. The van der Waals surface area contributed by atoms with Gasteiger partial charge in [-0.25, -0.2) is 8.42 Å². The summed E-state index contributed by atoms with van der Waals surface area (Å²) in [6.45, 7) is 0.702. The highest BCUT2D eigenvalue weighted by Crippen LogP contribution is 2.20. The average molecular weight is 291 g/mol. The molecular formula is C10H11BrO3S. The first-order valence-corrected chi connectivity index (χ1v) is 7.12. The van der Waals surface area contributed by atoms with Gasteiger partial charge in [0.25, 0.3) is 0 Å². The lowest BCUT2D eigenvalue weighted by Crippen LogP contribution is -2.08. The molecule has 1 aliphatic heterocycles. The van der Waals surface area contributed by atoms with E-state index < -0.39 is 9.84 Å². The summed E-state index contributed by atoms with van der Waals surface area (Å²) in [5.41, 5.74) is 0. The van der Waals surface area contributed by atoms with E-state index in [1.807, 2.05) is 6.07 Å². The molecule has 1 atom stereocenters. The molecule has 82 valence electrons. The summed E-state index contributed by atoms with van der Waals surface area (Å²) < 4.78 is 29.5. The third-order valence-electron chi connectivity index (χ3n) is 2.27. The molecule has 1 aliphatic rings. The Balaban J connectivity index is 2.12. The van der Waals surface area contributed by atoms with Crippen molar-refractivity contribution in [3.05, 3.63) is 28.7 Å². The second-order valence-corrected chi connectivity index (χ2v) is 6.55. The van der Waals surface area contributed by atoms with E-state index in [2.05, 4.69) is 15.9 Å². The number of sulfone groups is 1. The molecule has 1 fully saturated rings. The predicted molar refractivity (Wildman–Crippen MR) is 60.6 cm³/mol. The lowest BCUT2D eigenvalue weighted by Gasteiger charge is -2.03. The minimum Gasteiger partial charge on any atom is -0.373 e. The quantitative estimate of drug-likeness (QED) is 0.797. The van der Waals surface area contributed by atoms with Crippen LogP contribution in [0.2, 0.25) is 0 Å². The van der Waals surface area contributed by atoms with Crippen LogP contribution in [-0.4, -0.2) is 26.9 Å². The molecule has 1 heterocycles. The highest BCUT2D eigenvalue weighted by atomic mass is 79.9. The van der Waals surface area contributed by atoms with Crippen LogP contribution < -0.4 is 0 Å². The van der Waals surface area contributed by atoms with Gasteiger partial charge in [0.1, 0.15) is 0 Å². The Bertz CT molecular complexity index is 451. The highest BCUT2D eigenvalue weighted by Gasteiger charge is 2.25. The maximum Gasteiger partial charge on any atom is 0.178 e. The van der Waals surface area contributed by atoms with Crippen molar-refractivity contribution in [2.75, 3.05) is 12.4 Å². The number of epoxide rings is 1. The van der Waals surface area contributed by atoms with E-state index in [1.165, 1.54) is 0 Å². The zero-order chi connectivity index (χ0) is 10.9. The molecule has 0 spiro atoms. The molecule has 1 saturated heterocycles. The standard InChI is InChI=1S/C10H11BrO3S/c11-8-2-1-3-10(6-8)15(12,13)5-4-9-7-14-9/h1-3,6,9H,4-5,7H2. The lowest BCUT2D eigenvalue weighted by molar-refractivity contribution is 0.403. The summed E-state index contributed by atoms with van der Waals surface area (Å²) in [5, 5.41) is 0. The molecule has 0 aliphatic carbocycles. The fraction of sp³-hybridized carbons (Fsp3) is 0.400. The molecule has 15 heavy (non-hydrogen) atoms. The van der Waals surface area contributed by atoms with Crippen LogP contribution in [0.4, 0.5) is 0 Å². The van der Waals surface area contributed by atoms with E-state index in [-0.39, 0.29) is 11.9 Å². The minimum absolute atomic E-state index is 0.159. The van der Waals surface area contributed by atoms with Gasteiger partial charge in [-0.3, -0.25) is 0 Å². The summed E-state index contributed by atoms with van der Waals surface area (Å²) in [7, 11) is -3.15. The van der Waals surface area contributed by atoms with Crippen LogP contribution in [0.25, 0.3) is 0 Å². The monoisotopic (exact) mass is 290 g/mol. The molecule has 0 N–H and O–H groups in total. The first-order chi connectivity index (χ1) is 7.08. The van der Waals surface area contributed by atoms with Crippen molar-refractivity contribution in [3.8, 4) is 0 Å². The van der Waals surface area contributed by atoms with Gasteiger partial charge in [-0.15, -0.1) is 0 Å². The summed E-state index contributed by atoms with van der Waals surface area (Å²) in [4.78, 5) is 0.373. The molecule has 5 heteroatoms. The molecule has 1 aromatic rings. The third kappa shape index (κ3) is 3.03. The summed E-state index contributed by atoms with van der Waals surface area (Å²) in [6.07, 6.45) is 0.751. The van der Waals surface area contributed by atoms with Crippen LogP contribution in [0.1, 0.15) is 6.42 Å². The normalized spacial score (nSPS) is 20.2. The number of hydrogen-bond donors (Lipinski definition) is 0. The van der Waals surface area contributed by atoms with E-state index in [0.29, 0.717) is 17.9 Å². The largest absolute Gasteiger partial charge is 0.373 e. The predicted octanol–water partition coefficient (Wildman–Crippen LogP) is 2.01. The Kier molecular flexibility index (Phi) is 3.13. The van der Waals surface area contributed by atoms with Crippen LogP contribution in [-0.2, 0) is 14.6 Å². The summed E-state index contributed by atoms with van der Waals surface area (Å²) in [6, 6.07) is 6.78. The topological polar surface area (TPSA) is 46.7 Å². The Morgan fingerprint density at radius 3 is 2.80 bits per heavy atom. The molecular weight excluding hydrogens is 280 g/mol. The number of halogens is 1. The van der Waals surface area contributed by atoms with Crippen molar-refractivity contribution in [2.24, 2.45) is 0 Å². The fourth-order valence-electron chi connectivity index (χ4n) is 1.30. The molecule has 2 rings (SSSR count). The number of benzene rings is 1. The van der Waals surface area contributed by atoms with Crippen molar-refractivity contribution < 1.29 is 13.2 Å². The first-order valence-electron chi connectivity index (χ1n) is 4.68. The van der Waals surface area contributed by atoms with Gasteiger partial charge < -0.3 is 4.74 Å². The Morgan fingerprint density at radius 1 is 1.47 bits per heavy atom. The Hall–Kier alpha value is -0.390. The van der Waals surface area contributed by atoms with Crippen molar-refractivity contribution in [2.45, 2.75) is 17.4 Å². The number of ether oxygens (including phenoxy) is 1. The van der Waals surface area contributed by atoms with Crippen LogP contribution in [0.3, 0.4) is 0 Å². The van der Waals surface area contributed by atoms with Gasteiger partial charge in [-0.2, -0.15) is 0 Å². The van der Waals surface area contributed by atoms with E-state index in [0.717, 1.165) is 4.47 Å². The number of rotatable bonds is 4. The Morgan fingerprint density at radius 2 is 2.20 bits per heavy atom. The van der Waals surface area contributed by atoms with Crippen molar-refractivity contribution in [1.82, 2.24) is 0 Å². The molecule has 3 nitrogen and oxygen atoms in total. The summed E-state index contributed by atoms with van der Waals surface area (Å²) >= 11 is 3.26. The molecule has 0 amide bonds. The minimum atomic E-state index is -3.15. The maximum atomic E-state index is 11.8. The van der Waals surface area contributed by atoms with Crippen LogP contribution in [0.5, 0.6) is 0 Å². The fourth-order valence-corrected chi connectivity index (χ4v) is 3.25. The van der Waals surface area contributed by atoms with Gasteiger partial charge in [0.2, 0.25) is 0 Å². The van der Waals surface area contributed by atoms with Crippen molar-refractivity contribution in [3.63, 3.8) is 0 Å². The van der Waals surface area contributed by atoms with Crippen molar-refractivity contribution >= 4 is 25.8 Å². The average Bonchev–Trinajstić information content (AvgIpc) is 2.98. The SMILES string of the molecule is O=S(=O)(CCC1CO1)c1cccc(Br)c1. The molecule has 0 aromatic heterocycles. The van der Waals surface area contributed by atoms with Crippen LogP contribution in [0.15, 0.2) is 33.6 Å². The third-order valence-corrected chi connectivity index (χ3v) is 4.50. The first kappa shape index (κ1) is 11.1.